The Balaban J connectivity index is 1.63. The maximum atomic E-state index is 13.9. The lowest BCUT2D eigenvalue weighted by Crippen LogP contribution is -2.34. The van der Waals surface area contributed by atoms with Crippen LogP contribution in [0.3, 0.4) is 0 Å². The molecule has 10 heteroatoms. The molecule has 5 rings (SSSR count). The van der Waals surface area contributed by atoms with Crippen molar-refractivity contribution < 1.29 is 23.7 Å². The number of aromatic hydroxyl groups is 1. The first-order valence-electron chi connectivity index (χ1n) is 12.0. The summed E-state index contributed by atoms with van der Waals surface area (Å²) in [6.07, 6.45) is 0.880. The van der Waals surface area contributed by atoms with Crippen molar-refractivity contribution in [3.8, 4) is 28.8 Å². The van der Waals surface area contributed by atoms with Gasteiger partial charge >= 0.3 is 0 Å². The van der Waals surface area contributed by atoms with Crippen LogP contribution in [0.5, 0.6) is 5.88 Å². The minimum atomic E-state index is -1.17. The Morgan fingerprint density at radius 3 is 2.53 bits per heavy atom. The molecule has 38 heavy (non-hydrogen) atoms. The normalized spacial score (nSPS) is 15.7. The van der Waals surface area contributed by atoms with E-state index in [4.69, 9.17) is 27.1 Å². The van der Waals surface area contributed by atoms with Crippen LogP contribution >= 0.6 is 11.6 Å². The zero-order valence-electron chi connectivity index (χ0n) is 20.5. The third-order valence-electron chi connectivity index (χ3n) is 6.61. The lowest BCUT2D eigenvalue weighted by molar-refractivity contribution is -0.0262. The summed E-state index contributed by atoms with van der Waals surface area (Å²) in [6.45, 7) is 0.837. The Hall–Kier alpha value is -3.55. The summed E-state index contributed by atoms with van der Waals surface area (Å²) in [5, 5.41) is 25.9. The number of nitrogens with zero attached hydrogens (tertiary/aromatic N) is 3. The molecule has 1 atom stereocenters. The molecule has 1 aliphatic heterocycles. The number of aryl methyl sites for hydroxylation is 1. The van der Waals surface area contributed by atoms with Gasteiger partial charge in [-0.15, -0.1) is 5.10 Å². The maximum absolute atomic E-state index is 13.9. The number of aromatic nitrogens is 3. The van der Waals surface area contributed by atoms with Gasteiger partial charge in [0.1, 0.15) is 22.9 Å². The average molecular weight is 539 g/mol. The molecule has 4 N–H and O–H groups in total. The first-order valence-corrected chi connectivity index (χ1v) is 12.4. The molecule has 1 saturated heterocycles. The highest BCUT2D eigenvalue weighted by atomic mass is 35.5. The molecular weight excluding hydrogens is 514 g/mol. The van der Waals surface area contributed by atoms with E-state index in [1.54, 1.807) is 31.3 Å². The number of hydrogen-bond acceptors (Lipinski definition) is 6. The van der Waals surface area contributed by atoms with Crippen molar-refractivity contribution in [3.05, 3.63) is 76.1 Å². The summed E-state index contributed by atoms with van der Waals surface area (Å²) in [5.41, 5.74) is 8.44. The highest BCUT2D eigenvalue weighted by Gasteiger charge is 2.27. The molecule has 0 spiro atoms. The number of aliphatic hydroxyl groups is 1. The number of halogens is 3. The van der Waals surface area contributed by atoms with E-state index in [0.29, 0.717) is 70.1 Å². The highest BCUT2D eigenvalue weighted by molar-refractivity contribution is 6.36. The summed E-state index contributed by atoms with van der Waals surface area (Å²) < 4.78 is 34.6. The van der Waals surface area contributed by atoms with E-state index in [9.17, 15) is 19.0 Å². The minimum Gasteiger partial charge on any atom is -0.492 e. The molecule has 1 fully saturated rings. The van der Waals surface area contributed by atoms with Crippen LogP contribution in [0.2, 0.25) is 5.02 Å². The van der Waals surface area contributed by atoms with Gasteiger partial charge in [0.15, 0.2) is 0 Å². The smallest absolute Gasteiger partial charge is 0.239 e. The average Bonchev–Trinajstić information content (AvgIpc) is 3.17. The van der Waals surface area contributed by atoms with Crippen molar-refractivity contribution in [2.24, 2.45) is 12.8 Å². The van der Waals surface area contributed by atoms with Gasteiger partial charge in [-0.2, -0.15) is 0 Å². The van der Waals surface area contributed by atoms with Crippen LogP contribution < -0.4 is 5.73 Å². The quantitative estimate of drug-likeness (QED) is 0.332. The number of nitrogens with two attached hydrogens (primary N) is 1. The molecule has 4 aromatic rings. The van der Waals surface area contributed by atoms with Gasteiger partial charge in [0, 0.05) is 37.1 Å². The van der Waals surface area contributed by atoms with Crippen molar-refractivity contribution >= 4 is 22.5 Å². The molecular formula is C28H25ClF2N4O3. The van der Waals surface area contributed by atoms with Crippen molar-refractivity contribution in [1.29, 1.82) is 0 Å². The van der Waals surface area contributed by atoms with Crippen LogP contribution in [0.25, 0.3) is 22.0 Å². The van der Waals surface area contributed by atoms with E-state index < -0.39 is 23.3 Å². The standard InChI is InChI=1S/C28H25ClF2N4O3/c1-35-26-21(4-5-22(29)24(26)27(36)34-35)20-3-2-19(6-7-28(37)8-10-38-11-9-28)33-25(20)23(32)14-16-12-17(30)15-18(31)13-16/h2-5,12-13,15,23,37H,8-11,14,32H2,1H3,(H,34,36)/t23-/m0/s1. The van der Waals surface area contributed by atoms with Crippen molar-refractivity contribution in [3.63, 3.8) is 0 Å². The molecule has 0 saturated carbocycles. The topological polar surface area (TPSA) is 106 Å². The fraction of sp³-hybridized carbons (Fsp3) is 0.286. The van der Waals surface area contributed by atoms with Gasteiger partial charge in [0.25, 0.3) is 0 Å². The molecule has 3 heterocycles. The Morgan fingerprint density at radius 2 is 1.82 bits per heavy atom. The molecule has 0 unspecified atom stereocenters. The first kappa shape index (κ1) is 26.1. The summed E-state index contributed by atoms with van der Waals surface area (Å²) in [4.78, 5) is 4.72. The molecule has 0 bridgehead atoms. The summed E-state index contributed by atoms with van der Waals surface area (Å²) in [6, 6.07) is 9.41. The third-order valence-corrected chi connectivity index (χ3v) is 6.92. The SMILES string of the molecule is Cn1nc(O)c2c(Cl)ccc(-c3ccc(C#CC4(O)CCOCC4)nc3[C@@H](N)Cc3cc(F)cc(F)c3)c21. The van der Waals surface area contributed by atoms with Crippen LogP contribution in [-0.2, 0) is 18.2 Å². The van der Waals surface area contributed by atoms with E-state index in [2.05, 4.69) is 16.9 Å². The van der Waals surface area contributed by atoms with Crippen LogP contribution in [0.1, 0.15) is 35.8 Å². The predicted molar refractivity (Wildman–Crippen MR) is 139 cm³/mol. The van der Waals surface area contributed by atoms with Crippen LogP contribution in [0.4, 0.5) is 8.78 Å². The zero-order valence-corrected chi connectivity index (χ0v) is 21.3. The van der Waals surface area contributed by atoms with Crippen LogP contribution in [-0.4, -0.2) is 43.8 Å². The van der Waals surface area contributed by atoms with Crippen LogP contribution in [0, 0.1) is 23.5 Å². The number of pyridine rings is 1. The monoisotopic (exact) mass is 538 g/mol. The van der Waals surface area contributed by atoms with E-state index in [1.165, 1.54) is 16.8 Å². The van der Waals surface area contributed by atoms with Crippen LogP contribution in [0.15, 0.2) is 42.5 Å². The number of ether oxygens (including phenoxy) is 1. The number of benzene rings is 2. The minimum absolute atomic E-state index is 0.0974. The Bertz CT molecular complexity index is 1570. The summed E-state index contributed by atoms with van der Waals surface area (Å²) in [7, 11) is 1.68. The number of rotatable bonds is 4. The van der Waals surface area contributed by atoms with E-state index >= 15 is 0 Å². The fourth-order valence-corrected chi connectivity index (χ4v) is 4.96. The lowest BCUT2D eigenvalue weighted by atomic mass is 9.93. The van der Waals surface area contributed by atoms with E-state index in [-0.39, 0.29) is 12.3 Å². The summed E-state index contributed by atoms with van der Waals surface area (Å²) >= 11 is 6.35. The molecule has 0 amide bonds. The first-order chi connectivity index (χ1) is 18.1. The Labute approximate surface area is 222 Å². The van der Waals surface area contributed by atoms with Crippen molar-refractivity contribution in [1.82, 2.24) is 14.8 Å². The predicted octanol–water partition coefficient (Wildman–Crippen LogP) is 4.41. The van der Waals surface area contributed by atoms with Gasteiger partial charge in [-0.05, 0) is 48.2 Å². The largest absolute Gasteiger partial charge is 0.492 e. The Kier molecular flexibility index (Phi) is 7.07. The second-order valence-corrected chi connectivity index (χ2v) is 9.78. The van der Waals surface area contributed by atoms with Gasteiger partial charge in [-0.1, -0.05) is 23.6 Å². The molecule has 1 aliphatic rings. The molecule has 0 radical (unpaired) electrons. The van der Waals surface area contributed by atoms with Crippen molar-refractivity contribution in [2.75, 3.05) is 13.2 Å². The fourth-order valence-electron chi connectivity index (χ4n) is 4.72. The van der Waals surface area contributed by atoms with Gasteiger partial charge in [0.2, 0.25) is 5.88 Å². The number of hydrogen-bond donors (Lipinski definition) is 3. The van der Waals surface area contributed by atoms with Gasteiger partial charge in [-0.3, -0.25) is 4.68 Å². The molecule has 0 aliphatic carbocycles. The summed E-state index contributed by atoms with van der Waals surface area (Å²) in [5.74, 6) is 4.25. The van der Waals surface area contributed by atoms with E-state index in [1.807, 2.05) is 0 Å². The van der Waals surface area contributed by atoms with Crippen molar-refractivity contribution in [2.45, 2.75) is 30.9 Å². The molecule has 7 nitrogen and oxygen atoms in total. The van der Waals surface area contributed by atoms with E-state index in [0.717, 1.165) is 6.07 Å². The molecule has 2 aromatic heterocycles. The van der Waals surface area contributed by atoms with Gasteiger partial charge in [0.05, 0.1) is 40.9 Å². The molecule has 2 aromatic carbocycles. The second kappa shape index (κ2) is 10.3. The Morgan fingerprint density at radius 1 is 1.13 bits per heavy atom. The van der Waals surface area contributed by atoms with Gasteiger partial charge < -0.3 is 20.7 Å². The van der Waals surface area contributed by atoms with Gasteiger partial charge in [-0.25, -0.2) is 13.8 Å². The lowest BCUT2D eigenvalue weighted by Gasteiger charge is -2.26. The third kappa shape index (κ3) is 5.22. The maximum Gasteiger partial charge on any atom is 0.239 e. The zero-order chi connectivity index (χ0) is 27.0. The highest BCUT2D eigenvalue weighted by Crippen LogP contribution is 2.39. The second-order valence-electron chi connectivity index (χ2n) is 9.38. The number of fused-ring (bicyclic) bond motifs is 1. The molecule has 196 valence electrons.